The molecule has 2 aliphatic rings. The van der Waals surface area contributed by atoms with Crippen molar-refractivity contribution in [2.45, 2.75) is 38.8 Å². The van der Waals surface area contributed by atoms with Gasteiger partial charge in [0.25, 0.3) is 0 Å². The lowest BCUT2D eigenvalue weighted by molar-refractivity contribution is 0.0529. The predicted octanol–water partition coefficient (Wildman–Crippen LogP) is 4.13. The van der Waals surface area contributed by atoms with E-state index in [-0.39, 0.29) is 30.1 Å². The first-order chi connectivity index (χ1) is 15.1. The van der Waals surface area contributed by atoms with E-state index in [9.17, 15) is 0 Å². The van der Waals surface area contributed by atoms with Crippen LogP contribution in [0.4, 0.5) is 5.82 Å². The van der Waals surface area contributed by atoms with Crippen molar-refractivity contribution in [3.63, 3.8) is 0 Å². The van der Waals surface area contributed by atoms with Gasteiger partial charge >= 0.3 is 0 Å². The summed E-state index contributed by atoms with van der Waals surface area (Å²) < 4.78 is 5.66. The van der Waals surface area contributed by atoms with Gasteiger partial charge in [0.2, 0.25) is 0 Å². The average Bonchev–Trinajstić information content (AvgIpc) is 2.80. The fourth-order valence-corrected chi connectivity index (χ4v) is 4.82. The number of morpholine rings is 1. The van der Waals surface area contributed by atoms with Crippen LogP contribution < -0.4 is 10.2 Å². The molecule has 2 fully saturated rings. The van der Waals surface area contributed by atoms with Gasteiger partial charge in [-0.25, -0.2) is 4.98 Å². The summed E-state index contributed by atoms with van der Waals surface area (Å²) in [7, 11) is 1.88. The minimum absolute atomic E-state index is 0. The van der Waals surface area contributed by atoms with Gasteiger partial charge in [0.1, 0.15) is 5.82 Å². The molecule has 174 valence electrons. The van der Waals surface area contributed by atoms with Crippen molar-refractivity contribution in [1.29, 1.82) is 0 Å². The first-order valence-corrected chi connectivity index (χ1v) is 11.5. The van der Waals surface area contributed by atoms with E-state index in [0.29, 0.717) is 11.8 Å². The van der Waals surface area contributed by atoms with Crippen LogP contribution in [-0.2, 0) is 11.3 Å². The van der Waals surface area contributed by atoms with E-state index in [2.05, 4.69) is 81.4 Å². The molecule has 1 aromatic heterocycles. The molecule has 3 unspecified atom stereocenters. The van der Waals surface area contributed by atoms with Crippen LogP contribution in [0.2, 0.25) is 0 Å². The molecule has 3 atom stereocenters. The first kappa shape index (κ1) is 24.8. The highest BCUT2D eigenvalue weighted by Gasteiger charge is 2.28. The molecule has 0 bridgehead atoms. The van der Waals surface area contributed by atoms with E-state index in [1.165, 1.54) is 11.1 Å². The highest BCUT2D eigenvalue weighted by atomic mass is 127. The number of benzene rings is 1. The number of piperidine rings is 1. The molecule has 2 aromatic rings. The number of likely N-dealkylation sites (tertiary alicyclic amines) is 1. The predicted molar refractivity (Wildman–Crippen MR) is 142 cm³/mol. The number of hydrogen-bond donors (Lipinski definition) is 1. The lowest BCUT2D eigenvalue weighted by Gasteiger charge is -2.39. The lowest BCUT2D eigenvalue weighted by Crippen LogP contribution is -2.47. The van der Waals surface area contributed by atoms with Crippen molar-refractivity contribution in [2.24, 2.45) is 10.9 Å². The summed E-state index contributed by atoms with van der Waals surface area (Å²) in [6.45, 7) is 9.80. The zero-order valence-corrected chi connectivity index (χ0v) is 21.7. The summed E-state index contributed by atoms with van der Waals surface area (Å²) in [4.78, 5) is 13.9. The smallest absolute Gasteiger partial charge is 0.193 e. The molecule has 0 aliphatic carbocycles. The first-order valence-electron chi connectivity index (χ1n) is 11.5. The van der Waals surface area contributed by atoms with E-state index in [1.54, 1.807) is 0 Å². The minimum Gasteiger partial charge on any atom is -0.375 e. The molecule has 4 rings (SSSR count). The molecule has 1 N–H and O–H groups in total. The third kappa shape index (κ3) is 6.13. The van der Waals surface area contributed by atoms with Gasteiger partial charge < -0.3 is 19.9 Å². The number of pyridine rings is 1. The van der Waals surface area contributed by atoms with E-state index < -0.39 is 0 Å². The van der Waals surface area contributed by atoms with Crippen LogP contribution >= 0.6 is 24.0 Å². The Morgan fingerprint density at radius 2 is 1.97 bits per heavy atom. The van der Waals surface area contributed by atoms with Gasteiger partial charge in [-0.2, -0.15) is 0 Å². The summed E-state index contributed by atoms with van der Waals surface area (Å²) in [6, 6.07) is 15.2. The number of aliphatic imine (C=N–C) groups is 1. The summed E-state index contributed by atoms with van der Waals surface area (Å²) in [6.07, 6.45) is 3.31. The lowest BCUT2D eigenvalue weighted by atomic mass is 9.82. The SMILES string of the molecule is CN=C(NCc1ccnc(N2CCOC(C)C2)c1)N1CCC(c2ccccc2)C(C)C1.I. The number of guanidine groups is 1. The third-order valence-electron chi connectivity index (χ3n) is 6.47. The molecule has 32 heavy (non-hydrogen) atoms. The summed E-state index contributed by atoms with van der Waals surface area (Å²) >= 11 is 0. The van der Waals surface area contributed by atoms with Crippen LogP contribution in [-0.4, -0.2) is 61.8 Å². The van der Waals surface area contributed by atoms with Crippen molar-refractivity contribution in [3.8, 4) is 0 Å². The number of nitrogens with one attached hydrogen (secondary N) is 1. The quantitative estimate of drug-likeness (QED) is 0.353. The van der Waals surface area contributed by atoms with Gasteiger partial charge in [-0.1, -0.05) is 37.3 Å². The molecule has 6 nitrogen and oxygen atoms in total. The average molecular weight is 550 g/mol. The van der Waals surface area contributed by atoms with E-state index >= 15 is 0 Å². The maximum absolute atomic E-state index is 5.66. The van der Waals surface area contributed by atoms with Gasteiger partial charge in [-0.3, -0.25) is 4.99 Å². The van der Waals surface area contributed by atoms with E-state index in [4.69, 9.17) is 4.74 Å². The maximum atomic E-state index is 5.66. The second-order valence-electron chi connectivity index (χ2n) is 8.78. The van der Waals surface area contributed by atoms with E-state index in [0.717, 1.165) is 57.5 Å². The monoisotopic (exact) mass is 549 g/mol. The summed E-state index contributed by atoms with van der Waals surface area (Å²) in [5, 5.41) is 3.57. The minimum atomic E-state index is 0. The number of rotatable bonds is 4. The van der Waals surface area contributed by atoms with Crippen LogP contribution in [0.15, 0.2) is 53.7 Å². The van der Waals surface area contributed by atoms with Gasteiger partial charge in [0.05, 0.1) is 12.7 Å². The van der Waals surface area contributed by atoms with Crippen molar-refractivity contribution in [3.05, 3.63) is 59.8 Å². The largest absolute Gasteiger partial charge is 0.375 e. The summed E-state index contributed by atoms with van der Waals surface area (Å²) in [5.74, 6) is 3.22. The maximum Gasteiger partial charge on any atom is 0.193 e. The van der Waals surface area contributed by atoms with Crippen LogP contribution in [0.1, 0.15) is 37.3 Å². The van der Waals surface area contributed by atoms with Gasteiger partial charge in [0.15, 0.2) is 5.96 Å². The molecule has 0 radical (unpaired) electrons. The Morgan fingerprint density at radius 3 is 2.69 bits per heavy atom. The number of ether oxygens (including phenoxy) is 1. The van der Waals surface area contributed by atoms with Crippen LogP contribution in [0.3, 0.4) is 0 Å². The number of halogens is 1. The second kappa shape index (κ2) is 11.8. The Labute approximate surface area is 209 Å². The number of hydrogen-bond acceptors (Lipinski definition) is 4. The third-order valence-corrected chi connectivity index (χ3v) is 6.47. The van der Waals surface area contributed by atoms with Crippen molar-refractivity contribution in [1.82, 2.24) is 15.2 Å². The van der Waals surface area contributed by atoms with Crippen molar-refractivity contribution in [2.75, 3.05) is 44.7 Å². The molecule has 3 heterocycles. The normalized spacial score (nSPS) is 24.1. The molecule has 2 aliphatic heterocycles. The van der Waals surface area contributed by atoms with Crippen LogP contribution in [0.5, 0.6) is 0 Å². The van der Waals surface area contributed by atoms with E-state index in [1.807, 2.05) is 13.2 Å². The Bertz CT molecular complexity index is 878. The zero-order valence-electron chi connectivity index (χ0n) is 19.4. The molecule has 7 heteroatoms. The Balaban J connectivity index is 0.00000289. The Kier molecular flexibility index (Phi) is 9.16. The molecule has 0 spiro atoms. The number of nitrogens with zero attached hydrogens (tertiary/aromatic N) is 4. The number of anilines is 1. The molecule has 1 aromatic carbocycles. The molecule has 2 saturated heterocycles. The standard InChI is InChI=1S/C25H35N5O.HI/c1-19-17-30(12-10-23(19)22-7-5-4-6-8-22)25(26-3)28-16-21-9-11-27-24(15-21)29-13-14-31-20(2)18-29;/h4-9,11,15,19-20,23H,10,12-14,16-18H2,1-3H3,(H,26,28);1H. The highest BCUT2D eigenvalue weighted by Crippen LogP contribution is 2.32. The Morgan fingerprint density at radius 1 is 1.16 bits per heavy atom. The fourth-order valence-electron chi connectivity index (χ4n) is 4.82. The number of aromatic nitrogens is 1. The van der Waals surface area contributed by atoms with Gasteiger partial charge in [0, 0.05) is 46.0 Å². The molecular weight excluding hydrogens is 513 g/mol. The van der Waals surface area contributed by atoms with Gasteiger partial charge in [-0.05, 0) is 48.4 Å². The highest BCUT2D eigenvalue weighted by molar-refractivity contribution is 14.0. The molecular formula is C25H36IN5O. The molecule has 0 saturated carbocycles. The Hall–Kier alpha value is -1.87. The topological polar surface area (TPSA) is 53.0 Å². The summed E-state index contributed by atoms with van der Waals surface area (Å²) in [5.41, 5.74) is 2.68. The second-order valence-corrected chi connectivity index (χ2v) is 8.78. The van der Waals surface area contributed by atoms with Crippen LogP contribution in [0.25, 0.3) is 0 Å². The fraction of sp³-hybridized carbons (Fsp3) is 0.520. The molecule has 0 amide bonds. The zero-order chi connectivity index (χ0) is 21.6. The van der Waals surface area contributed by atoms with Crippen molar-refractivity contribution < 1.29 is 4.74 Å². The van der Waals surface area contributed by atoms with Crippen molar-refractivity contribution >= 4 is 35.8 Å². The van der Waals surface area contributed by atoms with Crippen LogP contribution in [0, 0.1) is 5.92 Å². The van der Waals surface area contributed by atoms with Gasteiger partial charge in [-0.15, -0.1) is 24.0 Å².